The van der Waals surface area contributed by atoms with E-state index in [9.17, 15) is 14.7 Å². The van der Waals surface area contributed by atoms with Crippen LogP contribution in [0.25, 0.3) is 0 Å². The van der Waals surface area contributed by atoms with E-state index in [4.69, 9.17) is 0 Å². The molecule has 3 fully saturated rings. The minimum absolute atomic E-state index is 0.0761. The van der Waals surface area contributed by atoms with Gasteiger partial charge in [-0.05, 0) is 43.9 Å². The zero-order chi connectivity index (χ0) is 14.9. The number of aliphatic carboxylic acids is 1. The van der Waals surface area contributed by atoms with Crippen molar-refractivity contribution in [2.45, 2.75) is 70.6 Å². The molecular formula is C17H27NO3. The largest absolute Gasteiger partial charge is 0.481 e. The maximum absolute atomic E-state index is 12.5. The quantitative estimate of drug-likeness (QED) is 0.869. The molecule has 0 atom stereocenters. The van der Waals surface area contributed by atoms with Crippen molar-refractivity contribution in [3.8, 4) is 0 Å². The van der Waals surface area contributed by atoms with Gasteiger partial charge in [-0.3, -0.25) is 9.59 Å². The molecule has 1 N–H and O–H groups in total. The van der Waals surface area contributed by atoms with Crippen LogP contribution in [0.5, 0.6) is 0 Å². The Labute approximate surface area is 126 Å². The fourth-order valence-electron chi connectivity index (χ4n) is 4.77. The van der Waals surface area contributed by atoms with Gasteiger partial charge in [0.1, 0.15) is 0 Å². The molecule has 3 aliphatic rings. The first kappa shape index (κ1) is 14.9. The average Bonchev–Trinajstić information content (AvgIpc) is 3.10. The van der Waals surface area contributed by atoms with Crippen LogP contribution in [0.15, 0.2) is 0 Å². The van der Waals surface area contributed by atoms with Crippen molar-refractivity contribution in [3.05, 3.63) is 0 Å². The van der Waals surface area contributed by atoms with Crippen LogP contribution < -0.4 is 0 Å². The number of amides is 1. The highest BCUT2D eigenvalue weighted by molar-refractivity contribution is 5.85. The van der Waals surface area contributed by atoms with Gasteiger partial charge in [0.05, 0.1) is 5.41 Å². The summed E-state index contributed by atoms with van der Waals surface area (Å²) in [4.78, 5) is 26.0. The molecule has 118 valence electrons. The van der Waals surface area contributed by atoms with Gasteiger partial charge in [-0.2, -0.15) is 0 Å². The van der Waals surface area contributed by atoms with E-state index in [-0.39, 0.29) is 12.3 Å². The SMILES string of the molecule is O=C(CC1(C(=O)O)CCCC1)N1CCC2(CCCC2)CC1. The molecule has 2 aliphatic carbocycles. The molecule has 21 heavy (non-hydrogen) atoms. The van der Waals surface area contributed by atoms with E-state index >= 15 is 0 Å². The molecule has 3 rings (SSSR count). The number of rotatable bonds is 3. The Hall–Kier alpha value is -1.06. The van der Waals surface area contributed by atoms with Crippen molar-refractivity contribution in [1.29, 1.82) is 0 Å². The normalized spacial score (nSPS) is 27.1. The van der Waals surface area contributed by atoms with E-state index in [0.29, 0.717) is 18.3 Å². The number of nitrogens with zero attached hydrogens (tertiary/aromatic N) is 1. The van der Waals surface area contributed by atoms with Crippen molar-refractivity contribution in [3.63, 3.8) is 0 Å². The summed E-state index contributed by atoms with van der Waals surface area (Å²) in [5.41, 5.74) is -0.256. The predicted molar refractivity (Wildman–Crippen MR) is 79.9 cm³/mol. The topological polar surface area (TPSA) is 57.6 Å². The number of hydrogen-bond donors (Lipinski definition) is 1. The van der Waals surface area contributed by atoms with Crippen LogP contribution in [-0.2, 0) is 9.59 Å². The number of likely N-dealkylation sites (tertiary alicyclic amines) is 1. The number of carbonyl (C=O) groups is 2. The lowest BCUT2D eigenvalue weighted by molar-refractivity contribution is -0.154. The van der Waals surface area contributed by atoms with Crippen molar-refractivity contribution < 1.29 is 14.7 Å². The second-order valence-electron chi connectivity index (χ2n) is 7.56. The lowest BCUT2D eigenvalue weighted by Crippen LogP contribution is -2.44. The minimum atomic E-state index is -0.766. The molecule has 1 amide bonds. The van der Waals surface area contributed by atoms with E-state index < -0.39 is 11.4 Å². The van der Waals surface area contributed by atoms with Gasteiger partial charge in [-0.1, -0.05) is 25.7 Å². The lowest BCUT2D eigenvalue weighted by Gasteiger charge is -2.40. The molecule has 1 spiro atoms. The zero-order valence-electron chi connectivity index (χ0n) is 12.9. The number of carboxylic acid groups (broad SMARTS) is 1. The Morgan fingerprint density at radius 2 is 1.38 bits per heavy atom. The first-order valence-electron chi connectivity index (χ1n) is 8.57. The third-order valence-corrected chi connectivity index (χ3v) is 6.34. The summed E-state index contributed by atoms with van der Waals surface area (Å²) in [5, 5.41) is 9.51. The molecule has 1 aliphatic heterocycles. The fraction of sp³-hybridized carbons (Fsp3) is 0.882. The Morgan fingerprint density at radius 3 is 1.90 bits per heavy atom. The summed E-state index contributed by atoms with van der Waals surface area (Å²) >= 11 is 0. The maximum atomic E-state index is 12.5. The Kier molecular flexibility index (Phi) is 3.98. The second kappa shape index (κ2) is 5.62. The first-order valence-corrected chi connectivity index (χ1v) is 8.57. The van der Waals surface area contributed by atoms with Crippen LogP contribution in [0.4, 0.5) is 0 Å². The van der Waals surface area contributed by atoms with E-state index in [0.717, 1.165) is 38.8 Å². The van der Waals surface area contributed by atoms with Crippen molar-refractivity contribution >= 4 is 11.9 Å². The molecule has 0 aromatic rings. The summed E-state index contributed by atoms with van der Waals surface area (Å²) in [5.74, 6) is -0.690. The van der Waals surface area contributed by atoms with Gasteiger partial charge < -0.3 is 10.0 Å². The van der Waals surface area contributed by atoms with Gasteiger partial charge >= 0.3 is 5.97 Å². The summed E-state index contributed by atoms with van der Waals surface area (Å²) in [6.45, 7) is 1.68. The zero-order valence-corrected chi connectivity index (χ0v) is 12.9. The van der Waals surface area contributed by atoms with Gasteiger partial charge in [-0.15, -0.1) is 0 Å². The fourth-order valence-corrected chi connectivity index (χ4v) is 4.77. The summed E-state index contributed by atoms with van der Waals surface area (Å²) in [6.07, 6.45) is 11.0. The Morgan fingerprint density at radius 1 is 0.857 bits per heavy atom. The van der Waals surface area contributed by atoms with Gasteiger partial charge in [0.25, 0.3) is 0 Å². The Bertz CT molecular complexity index is 410. The Balaban J connectivity index is 1.58. The standard InChI is InChI=1S/C17H27NO3/c19-14(13-17(15(20)21)7-3-4-8-17)18-11-9-16(10-12-18)5-1-2-6-16/h1-13H2,(H,20,21). The van der Waals surface area contributed by atoms with Crippen LogP contribution in [0.2, 0.25) is 0 Å². The molecule has 4 nitrogen and oxygen atoms in total. The van der Waals surface area contributed by atoms with Gasteiger partial charge in [0.2, 0.25) is 5.91 Å². The molecule has 0 aromatic carbocycles. The van der Waals surface area contributed by atoms with Gasteiger partial charge in [0, 0.05) is 19.5 Å². The van der Waals surface area contributed by atoms with Crippen molar-refractivity contribution in [2.24, 2.45) is 10.8 Å². The van der Waals surface area contributed by atoms with Crippen LogP contribution in [0.1, 0.15) is 70.6 Å². The van der Waals surface area contributed by atoms with Crippen molar-refractivity contribution in [1.82, 2.24) is 4.90 Å². The molecule has 0 unspecified atom stereocenters. The molecule has 1 saturated heterocycles. The molecule has 1 heterocycles. The molecular weight excluding hydrogens is 266 g/mol. The van der Waals surface area contributed by atoms with Crippen LogP contribution >= 0.6 is 0 Å². The number of carboxylic acids is 1. The van der Waals surface area contributed by atoms with Crippen LogP contribution in [-0.4, -0.2) is 35.0 Å². The smallest absolute Gasteiger partial charge is 0.310 e. The summed E-state index contributed by atoms with van der Waals surface area (Å²) in [6, 6.07) is 0. The minimum Gasteiger partial charge on any atom is -0.481 e. The van der Waals surface area contributed by atoms with Crippen LogP contribution in [0.3, 0.4) is 0 Å². The second-order valence-corrected chi connectivity index (χ2v) is 7.56. The van der Waals surface area contributed by atoms with E-state index in [2.05, 4.69) is 0 Å². The van der Waals surface area contributed by atoms with Crippen molar-refractivity contribution in [2.75, 3.05) is 13.1 Å². The van der Waals surface area contributed by atoms with E-state index in [1.54, 1.807) is 0 Å². The highest BCUT2D eigenvalue weighted by Crippen LogP contribution is 2.47. The summed E-state index contributed by atoms with van der Waals surface area (Å²) < 4.78 is 0. The van der Waals surface area contributed by atoms with Crippen LogP contribution in [0, 0.1) is 10.8 Å². The highest BCUT2D eigenvalue weighted by Gasteiger charge is 2.45. The molecule has 4 heteroatoms. The molecule has 0 aromatic heterocycles. The highest BCUT2D eigenvalue weighted by atomic mass is 16.4. The summed E-state index contributed by atoms with van der Waals surface area (Å²) in [7, 11) is 0. The number of carbonyl (C=O) groups excluding carboxylic acids is 1. The number of hydrogen-bond acceptors (Lipinski definition) is 2. The lowest BCUT2D eigenvalue weighted by atomic mass is 9.76. The predicted octanol–water partition coefficient (Wildman–Crippen LogP) is 3.20. The first-order chi connectivity index (χ1) is 10.1. The molecule has 0 radical (unpaired) electrons. The maximum Gasteiger partial charge on any atom is 0.310 e. The number of piperidine rings is 1. The van der Waals surface area contributed by atoms with Gasteiger partial charge in [-0.25, -0.2) is 0 Å². The average molecular weight is 293 g/mol. The van der Waals surface area contributed by atoms with Gasteiger partial charge in [0.15, 0.2) is 0 Å². The van der Waals surface area contributed by atoms with E-state index in [1.165, 1.54) is 25.7 Å². The third-order valence-electron chi connectivity index (χ3n) is 6.34. The van der Waals surface area contributed by atoms with E-state index in [1.807, 2.05) is 4.90 Å². The third kappa shape index (κ3) is 2.82. The molecule has 0 bridgehead atoms. The molecule has 2 saturated carbocycles. The monoisotopic (exact) mass is 293 g/mol.